The smallest absolute Gasteiger partial charge is 0.269 e. The molecule has 24 heavy (non-hydrogen) atoms. The largest absolute Gasteiger partial charge is 0.399 e. The van der Waals surface area contributed by atoms with E-state index in [4.69, 9.17) is 5.73 Å². The van der Waals surface area contributed by atoms with Crippen LogP contribution in [0.15, 0.2) is 60.7 Å². The quantitative estimate of drug-likeness (QED) is 0.364. The molecule has 0 amide bonds. The van der Waals surface area contributed by atoms with Gasteiger partial charge in [-0.25, -0.2) is 0 Å². The first-order valence-electron chi connectivity index (χ1n) is 8.08. The van der Waals surface area contributed by atoms with Crippen LogP contribution in [0.3, 0.4) is 0 Å². The van der Waals surface area contributed by atoms with Gasteiger partial charge < -0.3 is 5.73 Å². The molecule has 0 heterocycles. The molecule has 0 aromatic heterocycles. The van der Waals surface area contributed by atoms with Gasteiger partial charge in [0.05, 0.1) is 12.1 Å². The fourth-order valence-corrected chi connectivity index (χ4v) is 1.00. The third-order valence-corrected chi connectivity index (χ3v) is 1.77. The number of nitrogens with zero attached hydrogens (tertiary/aromatic N) is 1. The summed E-state index contributed by atoms with van der Waals surface area (Å²) in [7, 11) is 0.500. The van der Waals surface area contributed by atoms with Gasteiger partial charge in [-0.2, -0.15) is 0 Å². The van der Waals surface area contributed by atoms with Crippen LogP contribution in [0.5, 0.6) is 0 Å². The van der Waals surface area contributed by atoms with Gasteiger partial charge in [-0.1, -0.05) is 77.9 Å². The van der Waals surface area contributed by atoms with E-state index in [0.717, 1.165) is 5.69 Å². The van der Waals surface area contributed by atoms with Gasteiger partial charge in [0, 0.05) is 17.8 Å². The minimum atomic E-state index is -0.417. The summed E-state index contributed by atoms with van der Waals surface area (Å²) in [4.78, 5) is 9.59. The SMILES string of the molecule is CC.CC.CC.CF.Nc1ccccc1.O=[N+]([O-])c1ccccc1. The van der Waals surface area contributed by atoms with E-state index in [9.17, 15) is 14.5 Å². The average Bonchev–Trinajstić information content (AvgIpc) is 2.70. The van der Waals surface area contributed by atoms with Crippen molar-refractivity contribution in [1.82, 2.24) is 0 Å². The van der Waals surface area contributed by atoms with Crippen molar-refractivity contribution in [3.63, 3.8) is 0 Å². The highest BCUT2D eigenvalue weighted by Gasteiger charge is 1.98. The molecule has 5 heteroatoms. The maximum Gasteiger partial charge on any atom is 0.269 e. The Hall–Kier alpha value is -2.43. The lowest BCUT2D eigenvalue weighted by Gasteiger charge is -1.85. The monoisotopic (exact) mass is 340 g/mol. The third kappa shape index (κ3) is 21.9. The molecule has 0 aliphatic carbocycles. The second-order valence-electron chi connectivity index (χ2n) is 3.00. The molecule has 4 nitrogen and oxygen atoms in total. The number of non-ortho nitro benzene ring substituents is 1. The number of benzene rings is 2. The average molecular weight is 340 g/mol. The number of hydrogen-bond acceptors (Lipinski definition) is 3. The van der Waals surface area contributed by atoms with Crippen LogP contribution in [0.1, 0.15) is 41.5 Å². The fourth-order valence-electron chi connectivity index (χ4n) is 1.00. The number of para-hydroxylation sites is 2. The number of nitrogens with two attached hydrogens (primary N) is 1. The maximum absolute atomic E-state index is 10.0. The fraction of sp³-hybridized carbons (Fsp3) is 0.368. The lowest BCUT2D eigenvalue weighted by Crippen LogP contribution is -1.84. The van der Waals surface area contributed by atoms with Gasteiger partial charge in [-0.05, 0) is 12.1 Å². The Morgan fingerprint density at radius 1 is 0.750 bits per heavy atom. The molecule has 2 rings (SSSR count). The molecular weight excluding hydrogens is 307 g/mol. The second-order valence-corrected chi connectivity index (χ2v) is 3.00. The molecule has 0 atom stereocenters. The second kappa shape index (κ2) is 28.7. The summed E-state index contributed by atoms with van der Waals surface area (Å²) in [6, 6.07) is 17.4. The first-order chi connectivity index (χ1) is 11.7. The van der Waals surface area contributed by atoms with Gasteiger partial charge in [0.1, 0.15) is 0 Å². The Labute approximate surface area is 146 Å². The number of anilines is 1. The molecule has 2 aromatic rings. The number of halogens is 1. The van der Waals surface area contributed by atoms with Crippen LogP contribution >= 0.6 is 0 Å². The van der Waals surface area contributed by atoms with Crippen LogP contribution in [-0.2, 0) is 0 Å². The van der Waals surface area contributed by atoms with E-state index in [0.29, 0.717) is 7.18 Å². The Morgan fingerprint density at radius 2 is 1.04 bits per heavy atom. The van der Waals surface area contributed by atoms with E-state index in [1.165, 1.54) is 12.1 Å². The number of nitro groups is 1. The zero-order chi connectivity index (χ0) is 19.8. The van der Waals surface area contributed by atoms with E-state index in [2.05, 4.69) is 0 Å². The lowest BCUT2D eigenvalue weighted by molar-refractivity contribution is -0.384. The highest BCUT2D eigenvalue weighted by atomic mass is 19.1. The highest BCUT2D eigenvalue weighted by molar-refractivity contribution is 5.35. The van der Waals surface area contributed by atoms with Gasteiger partial charge in [0.25, 0.3) is 5.69 Å². The van der Waals surface area contributed by atoms with E-state index in [1.807, 2.05) is 71.9 Å². The van der Waals surface area contributed by atoms with Crippen molar-refractivity contribution < 1.29 is 9.31 Å². The van der Waals surface area contributed by atoms with Crippen LogP contribution in [0, 0.1) is 10.1 Å². The summed E-state index contributed by atoms with van der Waals surface area (Å²) in [5, 5.41) is 10.0. The van der Waals surface area contributed by atoms with Gasteiger partial charge in [-0.15, -0.1) is 0 Å². The molecule has 2 aromatic carbocycles. The van der Waals surface area contributed by atoms with E-state index in [1.54, 1.807) is 18.2 Å². The summed E-state index contributed by atoms with van der Waals surface area (Å²) < 4.78 is 9.50. The van der Waals surface area contributed by atoms with E-state index < -0.39 is 4.92 Å². The van der Waals surface area contributed by atoms with Crippen molar-refractivity contribution in [1.29, 1.82) is 0 Å². The summed E-state index contributed by atoms with van der Waals surface area (Å²) in [5.41, 5.74) is 6.32. The molecule has 0 saturated heterocycles. The zero-order valence-electron chi connectivity index (χ0n) is 16.0. The molecule has 0 aliphatic heterocycles. The Kier molecular flexibility index (Phi) is 35.3. The highest BCUT2D eigenvalue weighted by Crippen LogP contribution is 2.06. The summed E-state index contributed by atoms with van der Waals surface area (Å²) in [6.45, 7) is 12.0. The predicted octanol–water partition coefficient (Wildman–Crippen LogP) is 6.53. The molecule has 2 N–H and O–H groups in total. The van der Waals surface area contributed by atoms with Crippen LogP contribution in [0.25, 0.3) is 0 Å². The van der Waals surface area contributed by atoms with Crippen molar-refractivity contribution in [3.05, 3.63) is 70.8 Å². The van der Waals surface area contributed by atoms with Crippen molar-refractivity contribution in [2.24, 2.45) is 0 Å². The van der Waals surface area contributed by atoms with E-state index in [-0.39, 0.29) is 5.69 Å². The van der Waals surface area contributed by atoms with Crippen LogP contribution in [-0.4, -0.2) is 12.1 Å². The molecule has 0 spiro atoms. The third-order valence-electron chi connectivity index (χ3n) is 1.77. The molecule has 0 aliphatic rings. The lowest BCUT2D eigenvalue weighted by atomic mass is 10.3. The first kappa shape index (κ1) is 29.6. The van der Waals surface area contributed by atoms with E-state index >= 15 is 0 Å². The minimum absolute atomic E-state index is 0.137. The van der Waals surface area contributed by atoms with Crippen molar-refractivity contribution in [2.75, 3.05) is 12.9 Å². The Morgan fingerprint density at radius 3 is 1.21 bits per heavy atom. The summed E-state index contributed by atoms with van der Waals surface area (Å²) in [6.07, 6.45) is 0. The zero-order valence-corrected chi connectivity index (χ0v) is 16.0. The van der Waals surface area contributed by atoms with Crippen molar-refractivity contribution >= 4 is 11.4 Å². The molecule has 0 bridgehead atoms. The molecule has 0 unspecified atom stereocenters. The normalized spacial score (nSPS) is 6.83. The topological polar surface area (TPSA) is 69.2 Å². The number of rotatable bonds is 1. The number of hydrogen-bond donors (Lipinski definition) is 1. The minimum Gasteiger partial charge on any atom is -0.399 e. The summed E-state index contributed by atoms with van der Waals surface area (Å²) in [5.74, 6) is 0. The van der Waals surface area contributed by atoms with Crippen LogP contribution in [0.4, 0.5) is 15.8 Å². The Bertz CT molecular complexity index is 438. The van der Waals surface area contributed by atoms with Crippen LogP contribution < -0.4 is 5.73 Å². The van der Waals surface area contributed by atoms with Gasteiger partial charge >= 0.3 is 0 Å². The first-order valence-corrected chi connectivity index (χ1v) is 8.08. The predicted molar refractivity (Wildman–Crippen MR) is 105 cm³/mol. The van der Waals surface area contributed by atoms with Gasteiger partial charge in [0.15, 0.2) is 0 Å². The standard InChI is InChI=1S/C6H5NO2.C6H7N.3C2H6.CH3F/c8-7(9)6-4-2-1-3-5-6;7-6-4-2-1-3-5-6;4*1-2/h1-5H;1-5H,7H2;3*1-2H3;1H3. The molecule has 138 valence electrons. The van der Waals surface area contributed by atoms with Crippen molar-refractivity contribution in [2.45, 2.75) is 41.5 Å². The Balaban J connectivity index is -0.000000119. The van der Waals surface area contributed by atoms with Gasteiger partial charge in [-0.3, -0.25) is 14.5 Å². The maximum atomic E-state index is 10.0. The summed E-state index contributed by atoms with van der Waals surface area (Å²) >= 11 is 0. The molecule has 0 fully saturated rings. The number of alkyl halides is 1. The molecular formula is C19H33FN2O2. The van der Waals surface area contributed by atoms with Crippen molar-refractivity contribution in [3.8, 4) is 0 Å². The van der Waals surface area contributed by atoms with Crippen LogP contribution in [0.2, 0.25) is 0 Å². The van der Waals surface area contributed by atoms with Gasteiger partial charge in [0.2, 0.25) is 0 Å². The molecule has 0 radical (unpaired) electrons. The number of nitrogen functional groups attached to an aromatic ring is 1. The molecule has 0 saturated carbocycles. The number of nitro benzene ring substituents is 1.